The first-order chi connectivity index (χ1) is 6.88. The fourth-order valence-corrected chi connectivity index (χ4v) is 1.24. The highest BCUT2D eigenvalue weighted by Crippen LogP contribution is 2.13. The summed E-state index contributed by atoms with van der Waals surface area (Å²) in [6.45, 7) is 4.43. The number of benzene rings is 1. The zero-order valence-electron chi connectivity index (χ0n) is 7.79. The van der Waals surface area contributed by atoms with Gasteiger partial charge in [-0.15, -0.1) is 0 Å². The van der Waals surface area contributed by atoms with Crippen molar-refractivity contribution in [2.24, 2.45) is 0 Å². The molecule has 0 saturated carbocycles. The van der Waals surface area contributed by atoms with Crippen molar-refractivity contribution in [1.29, 1.82) is 0 Å². The third kappa shape index (κ3) is 2.11. The van der Waals surface area contributed by atoms with Gasteiger partial charge < -0.3 is 4.74 Å². The van der Waals surface area contributed by atoms with E-state index in [0.717, 1.165) is 17.9 Å². The van der Waals surface area contributed by atoms with Crippen LogP contribution in [-0.2, 0) is 0 Å². The highest BCUT2D eigenvalue weighted by Gasteiger charge is 2.13. The van der Waals surface area contributed by atoms with E-state index in [-0.39, 0.29) is 6.23 Å². The Bertz CT molecular complexity index is 304. The summed E-state index contributed by atoms with van der Waals surface area (Å²) in [4.78, 5) is 0. The molecule has 3 N–H and O–H groups in total. The van der Waals surface area contributed by atoms with E-state index in [1.54, 1.807) is 6.08 Å². The summed E-state index contributed by atoms with van der Waals surface area (Å²) < 4.78 is 5.60. The molecule has 1 saturated heterocycles. The Labute approximate surface area is 82.9 Å². The van der Waals surface area contributed by atoms with Crippen molar-refractivity contribution in [2.75, 3.05) is 6.54 Å². The fourth-order valence-electron chi connectivity index (χ4n) is 1.24. The predicted molar refractivity (Wildman–Crippen MR) is 55.2 cm³/mol. The summed E-state index contributed by atoms with van der Waals surface area (Å²) in [6.07, 6.45) is 1.78. The third-order valence-electron chi connectivity index (χ3n) is 2.00. The maximum atomic E-state index is 5.60. The van der Waals surface area contributed by atoms with Crippen LogP contribution in [0.5, 0.6) is 5.75 Å². The summed E-state index contributed by atoms with van der Waals surface area (Å²) in [5, 5.41) is 0. The van der Waals surface area contributed by atoms with Gasteiger partial charge in [-0.1, -0.05) is 24.8 Å². The molecule has 0 spiro atoms. The highest BCUT2D eigenvalue weighted by atomic mass is 16.5. The number of rotatable bonds is 3. The van der Waals surface area contributed by atoms with Crippen molar-refractivity contribution in [1.82, 2.24) is 16.4 Å². The molecule has 0 amide bonds. The van der Waals surface area contributed by atoms with E-state index < -0.39 is 0 Å². The number of nitrogens with one attached hydrogen (secondary N) is 3. The molecule has 4 nitrogen and oxygen atoms in total. The number of hydrogen-bond acceptors (Lipinski definition) is 4. The van der Waals surface area contributed by atoms with Gasteiger partial charge in [-0.3, -0.25) is 0 Å². The normalized spacial score (nSPS) is 20.7. The van der Waals surface area contributed by atoms with Gasteiger partial charge in [0.05, 0.1) is 6.54 Å². The van der Waals surface area contributed by atoms with Crippen LogP contribution in [0.4, 0.5) is 0 Å². The molecule has 1 heterocycles. The van der Waals surface area contributed by atoms with Crippen molar-refractivity contribution < 1.29 is 4.74 Å². The molecule has 1 aliphatic heterocycles. The smallest absolute Gasteiger partial charge is 0.177 e. The monoisotopic (exact) mass is 191 g/mol. The zero-order chi connectivity index (χ0) is 9.80. The van der Waals surface area contributed by atoms with Crippen LogP contribution < -0.4 is 21.1 Å². The largest absolute Gasteiger partial charge is 0.473 e. The molecule has 74 valence electrons. The van der Waals surface area contributed by atoms with Crippen LogP contribution in [0.1, 0.15) is 5.56 Å². The predicted octanol–water partition coefficient (Wildman–Crippen LogP) is 0.647. The van der Waals surface area contributed by atoms with Crippen molar-refractivity contribution in [3.63, 3.8) is 0 Å². The standard InChI is InChI=1S/C10H13N3O/c1-2-8-3-5-9(6-4-8)14-10-7-11-13-12-10/h2-6,10-13H,1,7H2. The quantitative estimate of drug-likeness (QED) is 0.656. The first-order valence-corrected chi connectivity index (χ1v) is 4.51. The topological polar surface area (TPSA) is 45.3 Å². The van der Waals surface area contributed by atoms with E-state index in [1.165, 1.54) is 0 Å². The Morgan fingerprint density at radius 2 is 2.14 bits per heavy atom. The van der Waals surface area contributed by atoms with Crippen LogP contribution in [0, 0.1) is 0 Å². The van der Waals surface area contributed by atoms with Gasteiger partial charge in [-0.05, 0) is 17.7 Å². The molecule has 1 aromatic carbocycles. The van der Waals surface area contributed by atoms with Crippen LogP contribution in [0.3, 0.4) is 0 Å². The van der Waals surface area contributed by atoms with E-state index in [9.17, 15) is 0 Å². The molecule has 0 aromatic heterocycles. The first-order valence-electron chi connectivity index (χ1n) is 4.51. The second kappa shape index (κ2) is 4.23. The van der Waals surface area contributed by atoms with E-state index in [0.29, 0.717) is 0 Å². The highest BCUT2D eigenvalue weighted by molar-refractivity contribution is 5.48. The average molecular weight is 191 g/mol. The van der Waals surface area contributed by atoms with Crippen LogP contribution in [0.2, 0.25) is 0 Å². The van der Waals surface area contributed by atoms with Gasteiger partial charge in [0.1, 0.15) is 5.75 Å². The van der Waals surface area contributed by atoms with E-state index in [1.807, 2.05) is 24.3 Å². The van der Waals surface area contributed by atoms with Crippen molar-refractivity contribution in [2.45, 2.75) is 6.23 Å². The molecule has 0 bridgehead atoms. The Balaban J connectivity index is 1.98. The molecular formula is C10H13N3O. The van der Waals surface area contributed by atoms with Crippen LogP contribution in [0.25, 0.3) is 6.08 Å². The summed E-state index contributed by atoms with van der Waals surface area (Å²) in [5.41, 5.74) is 9.71. The lowest BCUT2D eigenvalue weighted by Gasteiger charge is -2.11. The lowest BCUT2D eigenvalue weighted by molar-refractivity contribution is 0.191. The van der Waals surface area contributed by atoms with Gasteiger partial charge in [0.2, 0.25) is 0 Å². The molecule has 1 fully saturated rings. The molecular weight excluding hydrogens is 178 g/mol. The number of ether oxygens (including phenoxy) is 1. The minimum absolute atomic E-state index is 0.0235. The molecule has 0 aliphatic carbocycles. The van der Waals surface area contributed by atoms with E-state index >= 15 is 0 Å². The number of hydrogen-bond donors (Lipinski definition) is 3. The summed E-state index contributed by atoms with van der Waals surface area (Å²) >= 11 is 0. The summed E-state index contributed by atoms with van der Waals surface area (Å²) in [6, 6.07) is 7.80. The number of hydrazine groups is 2. The Hall–Kier alpha value is -1.36. The second-order valence-corrected chi connectivity index (χ2v) is 3.03. The van der Waals surface area contributed by atoms with Gasteiger partial charge >= 0.3 is 0 Å². The van der Waals surface area contributed by atoms with Crippen molar-refractivity contribution >= 4 is 6.08 Å². The molecule has 0 radical (unpaired) electrons. The molecule has 2 rings (SSSR count). The molecule has 1 aliphatic rings. The Kier molecular flexibility index (Phi) is 2.78. The zero-order valence-corrected chi connectivity index (χ0v) is 7.79. The fraction of sp³-hybridized carbons (Fsp3) is 0.200. The SMILES string of the molecule is C=Cc1ccc(OC2CNNN2)cc1. The minimum atomic E-state index is -0.0235. The lowest BCUT2D eigenvalue weighted by atomic mass is 10.2. The van der Waals surface area contributed by atoms with Gasteiger partial charge in [-0.2, -0.15) is 5.53 Å². The summed E-state index contributed by atoms with van der Waals surface area (Å²) in [7, 11) is 0. The third-order valence-corrected chi connectivity index (χ3v) is 2.00. The maximum Gasteiger partial charge on any atom is 0.177 e. The molecule has 1 atom stereocenters. The molecule has 1 aromatic rings. The van der Waals surface area contributed by atoms with Gasteiger partial charge in [0.25, 0.3) is 0 Å². The van der Waals surface area contributed by atoms with Gasteiger partial charge in [-0.25, -0.2) is 10.9 Å². The average Bonchev–Trinajstić information content (AvgIpc) is 2.72. The minimum Gasteiger partial charge on any atom is -0.473 e. The van der Waals surface area contributed by atoms with Crippen LogP contribution >= 0.6 is 0 Å². The van der Waals surface area contributed by atoms with Crippen molar-refractivity contribution in [3.05, 3.63) is 36.4 Å². The lowest BCUT2D eigenvalue weighted by Crippen LogP contribution is -2.36. The van der Waals surface area contributed by atoms with Gasteiger partial charge in [0, 0.05) is 0 Å². The summed E-state index contributed by atoms with van der Waals surface area (Å²) in [5.74, 6) is 0.846. The van der Waals surface area contributed by atoms with Crippen LogP contribution in [-0.4, -0.2) is 12.8 Å². The molecule has 14 heavy (non-hydrogen) atoms. The van der Waals surface area contributed by atoms with Crippen molar-refractivity contribution in [3.8, 4) is 5.75 Å². The van der Waals surface area contributed by atoms with E-state index in [4.69, 9.17) is 4.74 Å². The Morgan fingerprint density at radius 1 is 1.36 bits per heavy atom. The molecule has 1 unspecified atom stereocenters. The Morgan fingerprint density at radius 3 is 2.71 bits per heavy atom. The van der Waals surface area contributed by atoms with Gasteiger partial charge in [0.15, 0.2) is 6.23 Å². The van der Waals surface area contributed by atoms with Crippen LogP contribution in [0.15, 0.2) is 30.8 Å². The van der Waals surface area contributed by atoms with E-state index in [2.05, 4.69) is 23.0 Å². The maximum absolute atomic E-state index is 5.60. The molecule has 4 heteroatoms. The second-order valence-electron chi connectivity index (χ2n) is 3.03. The first kappa shape index (κ1) is 9.21.